The maximum Gasteiger partial charge on any atom is 0.433 e. The van der Waals surface area contributed by atoms with E-state index in [1.54, 1.807) is 24.3 Å². The second-order valence-electron chi connectivity index (χ2n) is 3.94. The summed E-state index contributed by atoms with van der Waals surface area (Å²) in [4.78, 5) is 14.6. The van der Waals surface area contributed by atoms with Crippen LogP contribution in [-0.4, -0.2) is 10.9 Å². The molecule has 1 amide bonds. The highest BCUT2D eigenvalue weighted by molar-refractivity contribution is 14.1. The van der Waals surface area contributed by atoms with E-state index in [9.17, 15) is 18.0 Å². The highest BCUT2D eigenvalue weighted by atomic mass is 127. The SMILES string of the molecule is NC(=O)c1ccc(C(F)(F)F)nc1Oc1ccccc1I. The van der Waals surface area contributed by atoms with Crippen LogP contribution in [0.2, 0.25) is 0 Å². The third-order valence-corrected chi connectivity index (χ3v) is 3.35. The van der Waals surface area contributed by atoms with Crippen molar-refractivity contribution in [2.24, 2.45) is 5.73 Å². The molecule has 0 aliphatic carbocycles. The van der Waals surface area contributed by atoms with E-state index >= 15 is 0 Å². The molecule has 4 nitrogen and oxygen atoms in total. The van der Waals surface area contributed by atoms with Gasteiger partial charge in [0, 0.05) is 0 Å². The van der Waals surface area contributed by atoms with E-state index < -0.39 is 23.7 Å². The number of rotatable bonds is 3. The quantitative estimate of drug-likeness (QED) is 0.790. The Morgan fingerprint density at radius 2 is 1.86 bits per heavy atom. The van der Waals surface area contributed by atoms with Gasteiger partial charge in [0.05, 0.1) is 3.57 Å². The molecule has 1 heterocycles. The number of ether oxygens (including phenoxy) is 1. The summed E-state index contributed by atoms with van der Waals surface area (Å²) >= 11 is 1.95. The molecule has 8 heteroatoms. The summed E-state index contributed by atoms with van der Waals surface area (Å²) in [6.07, 6.45) is -4.64. The molecule has 2 N–H and O–H groups in total. The predicted octanol–water partition coefficient (Wildman–Crippen LogP) is 3.60. The number of carbonyl (C=O) groups excluding carboxylic acids is 1. The monoisotopic (exact) mass is 408 g/mol. The van der Waals surface area contributed by atoms with Gasteiger partial charge in [-0.3, -0.25) is 4.79 Å². The zero-order chi connectivity index (χ0) is 15.6. The van der Waals surface area contributed by atoms with E-state index in [4.69, 9.17) is 10.5 Å². The van der Waals surface area contributed by atoms with Crippen molar-refractivity contribution in [3.8, 4) is 11.6 Å². The minimum Gasteiger partial charge on any atom is -0.437 e. The fourth-order valence-electron chi connectivity index (χ4n) is 1.50. The van der Waals surface area contributed by atoms with Crippen molar-refractivity contribution in [3.63, 3.8) is 0 Å². The van der Waals surface area contributed by atoms with Crippen molar-refractivity contribution in [3.05, 3.63) is 51.2 Å². The van der Waals surface area contributed by atoms with Gasteiger partial charge in [-0.1, -0.05) is 12.1 Å². The number of primary amides is 1. The molecule has 0 aliphatic heterocycles. The van der Waals surface area contributed by atoms with Gasteiger partial charge in [-0.25, -0.2) is 4.98 Å². The molecule has 0 unspecified atom stereocenters. The molecular formula is C13H8F3IN2O2. The van der Waals surface area contributed by atoms with Gasteiger partial charge in [0.1, 0.15) is 17.0 Å². The predicted molar refractivity (Wildman–Crippen MR) is 77.0 cm³/mol. The van der Waals surface area contributed by atoms with Gasteiger partial charge in [-0.05, 0) is 46.9 Å². The molecule has 1 aromatic heterocycles. The van der Waals surface area contributed by atoms with Crippen LogP contribution >= 0.6 is 22.6 Å². The number of aromatic nitrogens is 1. The standard InChI is InChI=1S/C13H8F3IN2O2/c14-13(15,16)10-6-5-7(11(18)20)12(19-10)21-9-4-2-1-3-8(9)17/h1-6H,(H2,18,20). The highest BCUT2D eigenvalue weighted by Gasteiger charge is 2.33. The smallest absolute Gasteiger partial charge is 0.433 e. The lowest BCUT2D eigenvalue weighted by molar-refractivity contribution is -0.141. The molecule has 2 rings (SSSR count). The second kappa shape index (κ2) is 5.88. The molecule has 0 fully saturated rings. The van der Waals surface area contributed by atoms with Crippen molar-refractivity contribution in [2.45, 2.75) is 6.18 Å². The van der Waals surface area contributed by atoms with Crippen LogP contribution in [0.4, 0.5) is 13.2 Å². The van der Waals surface area contributed by atoms with Gasteiger partial charge >= 0.3 is 6.18 Å². The van der Waals surface area contributed by atoms with E-state index in [-0.39, 0.29) is 11.3 Å². The normalized spacial score (nSPS) is 11.2. The Balaban J connectivity index is 2.49. The van der Waals surface area contributed by atoms with Gasteiger partial charge in [-0.15, -0.1) is 0 Å². The number of nitrogens with two attached hydrogens (primary N) is 1. The number of hydrogen-bond donors (Lipinski definition) is 1. The maximum absolute atomic E-state index is 12.7. The molecule has 0 bridgehead atoms. The number of amides is 1. The lowest BCUT2D eigenvalue weighted by atomic mass is 10.2. The fourth-order valence-corrected chi connectivity index (χ4v) is 1.99. The Hall–Kier alpha value is -1.84. The molecule has 0 atom stereocenters. The minimum atomic E-state index is -4.64. The topological polar surface area (TPSA) is 65.2 Å². The zero-order valence-electron chi connectivity index (χ0n) is 10.3. The second-order valence-corrected chi connectivity index (χ2v) is 5.11. The van der Waals surface area contributed by atoms with Gasteiger partial charge in [0.25, 0.3) is 5.91 Å². The van der Waals surface area contributed by atoms with Crippen LogP contribution < -0.4 is 10.5 Å². The van der Waals surface area contributed by atoms with Crippen LogP contribution in [0.5, 0.6) is 11.6 Å². The van der Waals surface area contributed by atoms with E-state index in [0.29, 0.717) is 9.64 Å². The molecule has 1 aromatic carbocycles. The summed E-state index contributed by atoms with van der Waals surface area (Å²) in [5, 5.41) is 0. The van der Waals surface area contributed by atoms with Crippen molar-refractivity contribution in [1.82, 2.24) is 4.98 Å². The van der Waals surface area contributed by atoms with Gasteiger partial charge in [0.2, 0.25) is 5.88 Å². The summed E-state index contributed by atoms with van der Waals surface area (Å²) in [5.41, 5.74) is 3.74. The maximum atomic E-state index is 12.7. The Kier molecular flexibility index (Phi) is 4.35. The Morgan fingerprint density at radius 3 is 2.43 bits per heavy atom. The molecule has 0 saturated heterocycles. The first kappa shape index (κ1) is 15.5. The summed E-state index contributed by atoms with van der Waals surface area (Å²) in [7, 11) is 0. The number of para-hydroxylation sites is 1. The van der Waals surface area contributed by atoms with Crippen molar-refractivity contribution >= 4 is 28.5 Å². The van der Waals surface area contributed by atoms with E-state index in [1.807, 2.05) is 22.6 Å². The van der Waals surface area contributed by atoms with E-state index in [0.717, 1.165) is 6.07 Å². The number of benzene rings is 1. The van der Waals surface area contributed by atoms with Crippen LogP contribution in [0, 0.1) is 3.57 Å². The van der Waals surface area contributed by atoms with Crippen LogP contribution in [0.3, 0.4) is 0 Å². The van der Waals surface area contributed by atoms with Crippen molar-refractivity contribution < 1.29 is 22.7 Å². The average molecular weight is 408 g/mol. The van der Waals surface area contributed by atoms with Gasteiger partial charge < -0.3 is 10.5 Å². The van der Waals surface area contributed by atoms with Crippen LogP contribution in [0.25, 0.3) is 0 Å². The zero-order valence-corrected chi connectivity index (χ0v) is 12.5. The third-order valence-electron chi connectivity index (χ3n) is 2.46. The largest absolute Gasteiger partial charge is 0.437 e. The highest BCUT2D eigenvalue weighted by Crippen LogP contribution is 2.32. The van der Waals surface area contributed by atoms with Crippen LogP contribution in [0.1, 0.15) is 16.1 Å². The number of halogens is 4. The molecule has 2 aromatic rings. The molecule has 0 radical (unpaired) electrons. The number of pyridine rings is 1. The van der Waals surface area contributed by atoms with Gasteiger partial charge in [-0.2, -0.15) is 13.2 Å². The third kappa shape index (κ3) is 3.63. The summed E-state index contributed by atoms with van der Waals surface area (Å²) < 4.78 is 44.0. The summed E-state index contributed by atoms with van der Waals surface area (Å²) in [5.74, 6) is -1.11. The Morgan fingerprint density at radius 1 is 1.19 bits per heavy atom. The number of carbonyl (C=O) groups is 1. The molecule has 0 saturated carbocycles. The molecule has 0 aliphatic rings. The first-order valence-corrected chi connectivity index (χ1v) is 6.67. The molecule has 21 heavy (non-hydrogen) atoms. The number of alkyl halides is 3. The fraction of sp³-hybridized carbons (Fsp3) is 0.0769. The van der Waals surface area contributed by atoms with Crippen molar-refractivity contribution in [2.75, 3.05) is 0 Å². The Bertz CT molecular complexity index is 689. The summed E-state index contributed by atoms with van der Waals surface area (Å²) in [6, 6.07) is 8.27. The Labute approximate surface area is 131 Å². The van der Waals surface area contributed by atoms with Crippen LogP contribution in [-0.2, 0) is 6.18 Å². The lowest BCUT2D eigenvalue weighted by Crippen LogP contribution is -2.16. The van der Waals surface area contributed by atoms with Crippen molar-refractivity contribution in [1.29, 1.82) is 0 Å². The molecule has 110 valence electrons. The first-order chi connectivity index (χ1) is 9.79. The molecular weight excluding hydrogens is 400 g/mol. The van der Waals surface area contributed by atoms with Crippen LogP contribution in [0.15, 0.2) is 36.4 Å². The minimum absolute atomic E-state index is 0.220. The average Bonchev–Trinajstić information content (AvgIpc) is 2.40. The first-order valence-electron chi connectivity index (χ1n) is 5.59. The molecule has 0 spiro atoms. The van der Waals surface area contributed by atoms with E-state index in [1.165, 1.54) is 0 Å². The summed E-state index contributed by atoms with van der Waals surface area (Å²) in [6.45, 7) is 0. The van der Waals surface area contributed by atoms with E-state index in [2.05, 4.69) is 4.98 Å². The lowest BCUT2D eigenvalue weighted by Gasteiger charge is -2.12. The number of nitrogens with zero attached hydrogens (tertiary/aromatic N) is 1. The number of hydrogen-bond acceptors (Lipinski definition) is 3. The van der Waals surface area contributed by atoms with Gasteiger partial charge in [0.15, 0.2) is 0 Å².